The minimum Gasteiger partial charge on any atom is -0.496 e. The van der Waals surface area contributed by atoms with Crippen LogP contribution in [0.5, 0.6) is 5.75 Å². The van der Waals surface area contributed by atoms with Gasteiger partial charge in [0.25, 0.3) is 16.8 Å². The molecule has 3 aromatic rings. The van der Waals surface area contributed by atoms with Crippen LogP contribution in [0.1, 0.15) is 16.1 Å². The lowest BCUT2D eigenvalue weighted by molar-refractivity contribution is -0.384. The minimum atomic E-state index is -0.583. The van der Waals surface area contributed by atoms with Crippen LogP contribution < -0.4 is 4.74 Å². The molecule has 0 spiro atoms. The smallest absolute Gasteiger partial charge is 0.293 e. The summed E-state index contributed by atoms with van der Waals surface area (Å²) < 4.78 is 11.0. The zero-order chi connectivity index (χ0) is 23.5. The van der Waals surface area contributed by atoms with Crippen molar-refractivity contribution in [3.05, 3.63) is 87.0 Å². The van der Waals surface area contributed by atoms with Crippen LogP contribution >= 0.6 is 11.8 Å². The SMILES string of the molecule is COc1cc([N+](=O)[O-])ccc1-c1ccc(/C=C2/SC(=O)N(CC(=O)c3ccccc3)C2=O)o1. The van der Waals surface area contributed by atoms with Gasteiger partial charge in [0.05, 0.1) is 35.1 Å². The van der Waals surface area contributed by atoms with Crippen LogP contribution in [0.2, 0.25) is 0 Å². The molecule has 0 N–H and O–H groups in total. The van der Waals surface area contributed by atoms with Gasteiger partial charge in [-0.25, -0.2) is 0 Å². The van der Waals surface area contributed by atoms with Gasteiger partial charge in [-0.1, -0.05) is 30.3 Å². The molecule has 0 aliphatic carbocycles. The fraction of sp³-hybridized carbons (Fsp3) is 0.0870. The van der Waals surface area contributed by atoms with Crippen LogP contribution in [0.3, 0.4) is 0 Å². The van der Waals surface area contributed by atoms with Crippen LogP contribution in [0.25, 0.3) is 17.4 Å². The van der Waals surface area contributed by atoms with E-state index < -0.39 is 16.1 Å². The highest BCUT2D eigenvalue weighted by molar-refractivity contribution is 8.18. The Balaban J connectivity index is 1.54. The number of Topliss-reactive ketones (excluding diaryl/α,β-unsaturated/α-hetero) is 1. The van der Waals surface area contributed by atoms with Gasteiger partial charge in [-0.05, 0) is 30.0 Å². The molecule has 1 saturated heterocycles. The number of furan rings is 1. The summed E-state index contributed by atoms with van der Waals surface area (Å²) >= 11 is 0.718. The molecule has 0 saturated carbocycles. The summed E-state index contributed by atoms with van der Waals surface area (Å²) in [6, 6.07) is 15.7. The summed E-state index contributed by atoms with van der Waals surface area (Å²) in [5.74, 6) is -0.00790. The van der Waals surface area contributed by atoms with E-state index in [0.29, 0.717) is 22.6 Å². The number of hydrogen-bond donors (Lipinski definition) is 0. The van der Waals surface area contributed by atoms with Gasteiger partial charge in [-0.2, -0.15) is 0 Å². The molecule has 2 amide bonds. The van der Waals surface area contributed by atoms with Crippen LogP contribution in [-0.2, 0) is 4.79 Å². The molecule has 1 aliphatic rings. The van der Waals surface area contributed by atoms with Crippen LogP contribution in [0.4, 0.5) is 10.5 Å². The van der Waals surface area contributed by atoms with E-state index in [1.54, 1.807) is 42.5 Å². The number of nitro groups is 1. The third kappa shape index (κ3) is 4.55. The molecule has 33 heavy (non-hydrogen) atoms. The molecule has 166 valence electrons. The number of hydrogen-bond acceptors (Lipinski definition) is 8. The van der Waals surface area contributed by atoms with Crippen molar-refractivity contribution in [3.63, 3.8) is 0 Å². The number of benzene rings is 2. The summed E-state index contributed by atoms with van der Waals surface area (Å²) in [6.07, 6.45) is 1.42. The molecule has 10 heteroatoms. The maximum Gasteiger partial charge on any atom is 0.293 e. The number of carbonyl (C=O) groups is 3. The average Bonchev–Trinajstić information content (AvgIpc) is 3.39. The summed E-state index contributed by atoms with van der Waals surface area (Å²) in [5, 5.41) is 10.4. The summed E-state index contributed by atoms with van der Waals surface area (Å²) in [5.41, 5.74) is 0.777. The van der Waals surface area contributed by atoms with Crippen molar-refractivity contribution in [1.29, 1.82) is 0 Å². The first-order valence-electron chi connectivity index (χ1n) is 9.63. The molecule has 1 aliphatic heterocycles. The Kier molecular flexibility index (Phi) is 6.09. The van der Waals surface area contributed by atoms with Crippen molar-refractivity contribution < 1.29 is 28.5 Å². The van der Waals surface area contributed by atoms with Gasteiger partial charge in [0.2, 0.25) is 0 Å². The predicted octanol–water partition coefficient (Wildman–Crippen LogP) is 4.78. The topological polar surface area (TPSA) is 120 Å². The number of methoxy groups -OCH3 is 1. The molecular formula is C23H16N2O7S. The van der Waals surface area contributed by atoms with Gasteiger partial charge in [-0.3, -0.25) is 29.4 Å². The highest BCUT2D eigenvalue weighted by Gasteiger charge is 2.36. The number of thioether (sulfide) groups is 1. The number of carbonyl (C=O) groups excluding carboxylic acids is 3. The van der Waals surface area contributed by atoms with Crippen molar-refractivity contribution in [3.8, 4) is 17.1 Å². The quantitative estimate of drug-likeness (QED) is 0.212. The van der Waals surface area contributed by atoms with E-state index in [0.717, 1.165) is 16.7 Å². The van der Waals surface area contributed by atoms with Crippen molar-refractivity contribution in [2.75, 3.05) is 13.7 Å². The van der Waals surface area contributed by atoms with Gasteiger partial charge >= 0.3 is 0 Å². The Morgan fingerprint density at radius 1 is 1.15 bits per heavy atom. The van der Waals surface area contributed by atoms with E-state index in [-0.39, 0.29) is 28.7 Å². The molecule has 0 bridgehead atoms. The summed E-state index contributed by atoms with van der Waals surface area (Å²) in [4.78, 5) is 48.9. The highest BCUT2D eigenvalue weighted by atomic mass is 32.2. The Morgan fingerprint density at radius 2 is 1.91 bits per heavy atom. The normalized spacial score (nSPS) is 14.7. The number of imide groups is 1. The van der Waals surface area contributed by atoms with Crippen molar-refractivity contribution in [2.24, 2.45) is 0 Å². The summed E-state index contributed by atoms with van der Waals surface area (Å²) in [6.45, 7) is -0.352. The molecule has 0 atom stereocenters. The number of non-ortho nitro benzene ring substituents is 1. The Hall–Kier alpha value is -4.18. The Bertz CT molecular complexity index is 1300. The molecule has 1 fully saturated rings. The number of rotatable bonds is 7. The number of ketones is 1. The van der Waals surface area contributed by atoms with Gasteiger partial charge < -0.3 is 9.15 Å². The molecule has 1 aromatic heterocycles. The molecule has 0 radical (unpaired) electrons. The third-order valence-corrected chi connectivity index (χ3v) is 5.74. The van der Waals surface area contributed by atoms with E-state index in [4.69, 9.17) is 9.15 Å². The maximum absolute atomic E-state index is 12.7. The van der Waals surface area contributed by atoms with Crippen LogP contribution in [-0.4, -0.2) is 40.4 Å². The van der Waals surface area contributed by atoms with Gasteiger partial charge in [0, 0.05) is 17.7 Å². The van der Waals surface area contributed by atoms with E-state index in [1.165, 1.54) is 31.4 Å². The molecule has 2 aromatic carbocycles. The first-order chi connectivity index (χ1) is 15.9. The van der Waals surface area contributed by atoms with E-state index >= 15 is 0 Å². The number of amides is 2. The Morgan fingerprint density at radius 3 is 2.61 bits per heavy atom. The lowest BCUT2D eigenvalue weighted by Gasteiger charge is -2.11. The highest BCUT2D eigenvalue weighted by Crippen LogP contribution is 2.36. The molecule has 2 heterocycles. The van der Waals surface area contributed by atoms with Gasteiger partial charge in [-0.15, -0.1) is 0 Å². The van der Waals surface area contributed by atoms with Crippen molar-refractivity contribution in [1.82, 2.24) is 4.90 Å². The van der Waals surface area contributed by atoms with E-state index in [2.05, 4.69) is 0 Å². The molecule has 9 nitrogen and oxygen atoms in total. The minimum absolute atomic E-state index is 0.123. The standard InChI is InChI=1S/C23H16N2O7S/c1-31-20-11-15(25(29)30)7-9-17(20)19-10-8-16(32-19)12-21-22(27)24(23(28)33-21)13-18(26)14-5-3-2-4-6-14/h2-12H,13H2,1H3/b21-12+. The first-order valence-corrected chi connectivity index (χ1v) is 10.5. The fourth-order valence-electron chi connectivity index (χ4n) is 3.20. The number of ether oxygens (including phenoxy) is 1. The van der Waals surface area contributed by atoms with Gasteiger partial charge in [0.15, 0.2) is 5.78 Å². The largest absolute Gasteiger partial charge is 0.496 e. The average molecular weight is 464 g/mol. The van der Waals surface area contributed by atoms with Crippen molar-refractivity contribution in [2.45, 2.75) is 0 Å². The third-order valence-electron chi connectivity index (χ3n) is 4.83. The lowest BCUT2D eigenvalue weighted by atomic mass is 10.1. The molecule has 0 unspecified atom stereocenters. The molecule has 4 rings (SSSR count). The second-order valence-corrected chi connectivity index (χ2v) is 7.89. The zero-order valence-corrected chi connectivity index (χ0v) is 18.0. The number of nitrogens with zero attached hydrogens (tertiary/aromatic N) is 2. The maximum atomic E-state index is 12.7. The van der Waals surface area contributed by atoms with E-state index in [1.807, 2.05) is 0 Å². The van der Waals surface area contributed by atoms with Gasteiger partial charge in [0.1, 0.15) is 17.3 Å². The van der Waals surface area contributed by atoms with Crippen LogP contribution in [0, 0.1) is 10.1 Å². The predicted molar refractivity (Wildman–Crippen MR) is 121 cm³/mol. The first kappa shape index (κ1) is 22.0. The lowest BCUT2D eigenvalue weighted by Crippen LogP contribution is -2.33. The summed E-state index contributed by atoms with van der Waals surface area (Å²) in [7, 11) is 1.39. The fourth-order valence-corrected chi connectivity index (χ4v) is 4.01. The van der Waals surface area contributed by atoms with Crippen LogP contribution in [0.15, 0.2) is 70.0 Å². The second kappa shape index (κ2) is 9.13. The Labute approximate surface area is 191 Å². The second-order valence-electron chi connectivity index (χ2n) is 6.90. The molecular weight excluding hydrogens is 448 g/mol. The van der Waals surface area contributed by atoms with Crippen molar-refractivity contribution >= 4 is 40.5 Å². The van der Waals surface area contributed by atoms with E-state index in [9.17, 15) is 24.5 Å². The monoisotopic (exact) mass is 464 g/mol. The zero-order valence-electron chi connectivity index (χ0n) is 17.2. The number of nitro benzene ring substituents is 1.